The van der Waals surface area contributed by atoms with Gasteiger partial charge in [-0.25, -0.2) is 0 Å². The molecule has 110 valence electrons. The maximum absolute atomic E-state index is 6.02. The van der Waals surface area contributed by atoms with E-state index in [1.165, 1.54) is 38.0 Å². The highest BCUT2D eigenvalue weighted by molar-refractivity contribution is 5.27. The summed E-state index contributed by atoms with van der Waals surface area (Å²) in [7, 11) is 2.24. The number of rotatable bonds is 4. The molecule has 0 N–H and O–H groups in total. The Bertz CT molecular complexity index is 442. The van der Waals surface area contributed by atoms with Gasteiger partial charge in [0.2, 0.25) is 0 Å². The zero-order valence-corrected chi connectivity index (χ0v) is 12.7. The molecule has 0 bridgehead atoms. The largest absolute Gasteiger partial charge is 0.488 e. The van der Waals surface area contributed by atoms with Crippen molar-refractivity contribution in [3.05, 3.63) is 29.8 Å². The quantitative estimate of drug-likeness (QED) is 0.838. The van der Waals surface area contributed by atoms with Gasteiger partial charge in [0.15, 0.2) is 0 Å². The van der Waals surface area contributed by atoms with Crippen molar-refractivity contribution in [3.8, 4) is 5.75 Å². The molecule has 1 unspecified atom stereocenters. The summed E-state index contributed by atoms with van der Waals surface area (Å²) in [4.78, 5) is 5.01. The molecule has 2 aliphatic rings. The number of hydrogen-bond acceptors (Lipinski definition) is 3. The van der Waals surface area contributed by atoms with E-state index in [-0.39, 0.29) is 0 Å². The van der Waals surface area contributed by atoms with E-state index in [2.05, 4.69) is 48.0 Å². The minimum atomic E-state index is 0.387. The Kier molecular flexibility index (Phi) is 4.27. The first kappa shape index (κ1) is 13.9. The van der Waals surface area contributed by atoms with Crippen molar-refractivity contribution >= 4 is 0 Å². The third kappa shape index (κ3) is 3.53. The van der Waals surface area contributed by atoms with Crippen molar-refractivity contribution < 1.29 is 4.74 Å². The zero-order chi connectivity index (χ0) is 13.9. The molecular formula is C17H26N2O. The second-order valence-corrected chi connectivity index (χ2v) is 6.55. The molecule has 3 nitrogen and oxygen atoms in total. The summed E-state index contributed by atoms with van der Waals surface area (Å²) in [6.45, 7) is 8.08. The molecular weight excluding hydrogens is 248 g/mol. The van der Waals surface area contributed by atoms with Crippen LogP contribution < -0.4 is 4.74 Å². The highest BCUT2D eigenvalue weighted by atomic mass is 16.5. The van der Waals surface area contributed by atoms with Crippen LogP contribution >= 0.6 is 0 Å². The minimum absolute atomic E-state index is 0.387. The van der Waals surface area contributed by atoms with E-state index >= 15 is 0 Å². The summed E-state index contributed by atoms with van der Waals surface area (Å²) in [6, 6.07) is 8.36. The maximum Gasteiger partial charge on any atom is 0.124 e. The summed E-state index contributed by atoms with van der Waals surface area (Å²) in [5.41, 5.74) is 1.27. The van der Waals surface area contributed by atoms with Crippen LogP contribution in [0.25, 0.3) is 0 Å². The standard InChI is InChI=1S/C17H26N2O/c1-14-5-3-7-16(9-14)20-17-12-19(13-17)11-15-6-4-8-18(2)10-15/h3,5,7,9,15,17H,4,6,8,10-13H2,1-2H3. The summed E-state index contributed by atoms with van der Waals surface area (Å²) in [5, 5.41) is 0. The summed E-state index contributed by atoms with van der Waals surface area (Å²) >= 11 is 0. The van der Waals surface area contributed by atoms with Gasteiger partial charge >= 0.3 is 0 Å². The first-order valence-electron chi connectivity index (χ1n) is 7.83. The van der Waals surface area contributed by atoms with Gasteiger partial charge in [0.1, 0.15) is 11.9 Å². The Balaban J connectivity index is 1.40. The van der Waals surface area contributed by atoms with Crippen LogP contribution in [0.15, 0.2) is 24.3 Å². The van der Waals surface area contributed by atoms with Crippen LogP contribution in [0.3, 0.4) is 0 Å². The number of hydrogen-bond donors (Lipinski definition) is 0. The number of ether oxygens (including phenoxy) is 1. The van der Waals surface area contributed by atoms with Crippen LogP contribution in [0.2, 0.25) is 0 Å². The van der Waals surface area contributed by atoms with E-state index in [9.17, 15) is 0 Å². The zero-order valence-electron chi connectivity index (χ0n) is 12.7. The summed E-state index contributed by atoms with van der Waals surface area (Å²) in [6.07, 6.45) is 3.14. The number of nitrogens with zero attached hydrogens (tertiary/aromatic N) is 2. The number of benzene rings is 1. The lowest BCUT2D eigenvalue weighted by atomic mass is 9.96. The molecule has 1 atom stereocenters. The highest BCUT2D eigenvalue weighted by Crippen LogP contribution is 2.22. The van der Waals surface area contributed by atoms with E-state index in [0.717, 1.165) is 24.8 Å². The second kappa shape index (κ2) is 6.15. The Morgan fingerprint density at radius 3 is 2.85 bits per heavy atom. The van der Waals surface area contributed by atoms with Gasteiger partial charge in [-0.1, -0.05) is 12.1 Å². The van der Waals surface area contributed by atoms with E-state index in [0.29, 0.717) is 6.10 Å². The molecule has 2 heterocycles. The molecule has 2 saturated heterocycles. The molecule has 1 aromatic carbocycles. The van der Waals surface area contributed by atoms with Crippen LogP contribution in [0.4, 0.5) is 0 Å². The molecule has 0 saturated carbocycles. The van der Waals surface area contributed by atoms with E-state index in [1.54, 1.807) is 0 Å². The third-order valence-corrected chi connectivity index (χ3v) is 4.45. The SMILES string of the molecule is Cc1cccc(OC2CN(CC3CCCN(C)C3)C2)c1. The van der Waals surface area contributed by atoms with Gasteiger partial charge in [-0.15, -0.1) is 0 Å². The van der Waals surface area contributed by atoms with Crippen molar-refractivity contribution in [1.29, 1.82) is 0 Å². The Morgan fingerprint density at radius 1 is 1.25 bits per heavy atom. The van der Waals surface area contributed by atoms with Gasteiger partial charge in [-0.2, -0.15) is 0 Å². The summed E-state index contributed by atoms with van der Waals surface area (Å²) < 4.78 is 6.02. The second-order valence-electron chi connectivity index (χ2n) is 6.55. The predicted octanol–water partition coefficient (Wildman–Crippen LogP) is 2.40. The lowest BCUT2D eigenvalue weighted by Gasteiger charge is -2.42. The first-order valence-corrected chi connectivity index (χ1v) is 7.83. The molecule has 1 aromatic rings. The molecule has 0 spiro atoms. The number of piperidine rings is 1. The molecule has 20 heavy (non-hydrogen) atoms. The number of likely N-dealkylation sites (tertiary alicyclic amines) is 2. The van der Waals surface area contributed by atoms with Gasteiger partial charge in [0.25, 0.3) is 0 Å². The Hall–Kier alpha value is -1.06. The fourth-order valence-electron chi connectivity index (χ4n) is 3.41. The topological polar surface area (TPSA) is 15.7 Å². The molecule has 2 fully saturated rings. The molecule has 0 aromatic heterocycles. The van der Waals surface area contributed by atoms with Crippen LogP contribution in [-0.2, 0) is 0 Å². The monoisotopic (exact) mass is 274 g/mol. The minimum Gasteiger partial charge on any atom is -0.488 e. The van der Waals surface area contributed by atoms with E-state index in [1.807, 2.05) is 0 Å². The van der Waals surface area contributed by atoms with Crippen molar-refractivity contribution in [2.45, 2.75) is 25.9 Å². The van der Waals surface area contributed by atoms with E-state index in [4.69, 9.17) is 4.74 Å². The molecule has 0 aliphatic carbocycles. The van der Waals surface area contributed by atoms with Crippen molar-refractivity contribution in [2.24, 2.45) is 5.92 Å². The summed E-state index contributed by atoms with van der Waals surface area (Å²) in [5.74, 6) is 1.88. The molecule has 0 amide bonds. The average molecular weight is 274 g/mol. The highest BCUT2D eigenvalue weighted by Gasteiger charge is 2.31. The molecule has 0 radical (unpaired) electrons. The van der Waals surface area contributed by atoms with Gasteiger partial charge in [-0.05, 0) is 57.0 Å². The fourth-order valence-corrected chi connectivity index (χ4v) is 3.41. The van der Waals surface area contributed by atoms with Crippen LogP contribution in [0.1, 0.15) is 18.4 Å². The lowest BCUT2D eigenvalue weighted by molar-refractivity contribution is 0.00290. The van der Waals surface area contributed by atoms with Crippen LogP contribution in [-0.4, -0.2) is 55.7 Å². The predicted molar refractivity (Wildman–Crippen MR) is 82.3 cm³/mol. The molecule has 3 heteroatoms. The normalized spacial score (nSPS) is 25.4. The third-order valence-electron chi connectivity index (χ3n) is 4.45. The first-order chi connectivity index (χ1) is 9.69. The lowest BCUT2D eigenvalue weighted by Crippen LogP contribution is -2.56. The van der Waals surface area contributed by atoms with Crippen LogP contribution in [0, 0.1) is 12.8 Å². The Labute approximate surface area is 122 Å². The molecule has 3 rings (SSSR count). The smallest absolute Gasteiger partial charge is 0.124 e. The average Bonchev–Trinajstić information content (AvgIpc) is 2.36. The van der Waals surface area contributed by atoms with Crippen LogP contribution in [0.5, 0.6) is 5.75 Å². The maximum atomic E-state index is 6.02. The van der Waals surface area contributed by atoms with Gasteiger partial charge < -0.3 is 9.64 Å². The van der Waals surface area contributed by atoms with E-state index < -0.39 is 0 Å². The van der Waals surface area contributed by atoms with Gasteiger partial charge in [0.05, 0.1) is 0 Å². The molecule has 2 aliphatic heterocycles. The van der Waals surface area contributed by atoms with Crippen molar-refractivity contribution in [1.82, 2.24) is 9.80 Å². The Morgan fingerprint density at radius 2 is 2.10 bits per heavy atom. The fraction of sp³-hybridized carbons (Fsp3) is 0.647. The van der Waals surface area contributed by atoms with Gasteiger partial charge in [0, 0.05) is 26.2 Å². The number of aryl methyl sites for hydroxylation is 1. The van der Waals surface area contributed by atoms with Gasteiger partial charge in [-0.3, -0.25) is 4.90 Å². The van der Waals surface area contributed by atoms with Crippen molar-refractivity contribution in [2.75, 3.05) is 39.8 Å². The van der Waals surface area contributed by atoms with Crippen molar-refractivity contribution in [3.63, 3.8) is 0 Å².